The molecule has 0 radical (unpaired) electrons. The van der Waals surface area contributed by atoms with Gasteiger partial charge in [0.05, 0.1) is 12.4 Å². The third kappa shape index (κ3) is 4.02. The molecular formula is C16H23N3O3. The van der Waals surface area contributed by atoms with Crippen molar-refractivity contribution in [2.24, 2.45) is 10.8 Å². The van der Waals surface area contributed by atoms with Crippen molar-refractivity contribution in [3.8, 4) is 0 Å². The Morgan fingerprint density at radius 3 is 2.05 bits per heavy atom. The van der Waals surface area contributed by atoms with Gasteiger partial charge in [0.25, 0.3) is 5.91 Å². The summed E-state index contributed by atoms with van der Waals surface area (Å²) in [5, 5.41) is 11.8. The minimum atomic E-state index is -1.16. The molecule has 0 saturated heterocycles. The number of carboxylic acid groups (broad SMARTS) is 1. The second-order valence-electron chi connectivity index (χ2n) is 7.68. The van der Waals surface area contributed by atoms with Crippen LogP contribution in [-0.2, 0) is 0 Å². The van der Waals surface area contributed by atoms with Crippen LogP contribution in [0.5, 0.6) is 0 Å². The molecule has 0 atom stereocenters. The second-order valence-corrected chi connectivity index (χ2v) is 7.68. The highest BCUT2D eigenvalue weighted by atomic mass is 16.4. The van der Waals surface area contributed by atoms with Gasteiger partial charge in [-0.2, -0.15) is 0 Å². The fraction of sp³-hybridized carbons (Fsp3) is 0.625. The Kier molecular flexibility index (Phi) is 4.22. The third-order valence-corrected chi connectivity index (χ3v) is 3.99. The van der Waals surface area contributed by atoms with Crippen LogP contribution in [-0.4, -0.2) is 33.0 Å². The van der Waals surface area contributed by atoms with Gasteiger partial charge in [0.2, 0.25) is 0 Å². The molecule has 1 aliphatic rings. The maximum absolute atomic E-state index is 12.3. The van der Waals surface area contributed by atoms with Gasteiger partial charge in [-0.25, -0.2) is 14.8 Å². The highest BCUT2D eigenvalue weighted by Crippen LogP contribution is 2.45. The van der Waals surface area contributed by atoms with E-state index in [2.05, 4.69) is 43.0 Å². The molecule has 6 heteroatoms. The van der Waals surface area contributed by atoms with Gasteiger partial charge in [0, 0.05) is 6.04 Å². The van der Waals surface area contributed by atoms with Crippen LogP contribution in [0.1, 0.15) is 67.9 Å². The van der Waals surface area contributed by atoms with Crippen molar-refractivity contribution in [2.45, 2.75) is 53.0 Å². The van der Waals surface area contributed by atoms with Crippen LogP contribution in [0.15, 0.2) is 12.4 Å². The summed E-state index contributed by atoms with van der Waals surface area (Å²) in [7, 11) is 0. The molecule has 1 aromatic rings. The lowest BCUT2D eigenvalue weighted by Gasteiger charge is -2.45. The SMILES string of the molecule is CC1(C)CC(NC(=O)c2cnc(C(=O)O)cn2)CC(C)(C)C1. The number of carbonyl (C=O) groups is 2. The summed E-state index contributed by atoms with van der Waals surface area (Å²) in [6.07, 6.45) is 5.27. The molecule has 2 N–H and O–H groups in total. The topological polar surface area (TPSA) is 92.2 Å². The summed E-state index contributed by atoms with van der Waals surface area (Å²) < 4.78 is 0. The zero-order chi connectivity index (χ0) is 16.5. The fourth-order valence-electron chi connectivity index (χ4n) is 3.76. The standard InChI is InChI=1S/C16H23N3O3/c1-15(2)5-10(6-16(3,4)9-15)19-13(20)11-7-18-12(8-17-11)14(21)22/h7-8,10H,5-6,9H2,1-4H3,(H,19,20)(H,21,22). The Hall–Kier alpha value is -1.98. The number of hydrogen-bond donors (Lipinski definition) is 2. The largest absolute Gasteiger partial charge is 0.476 e. The van der Waals surface area contributed by atoms with Gasteiger partial charge in [-0.15, -0.1) is 0 Å². The van der Waals surface area contributed by atoms with E-state index in [9.17, 15) is 9.59 Å². The van der Waals surface area contributed by atoms with Gasteiger partial charge in [-0.3, -0.25) is 4.79 Å². The van der Waals surface area contributed by atoms with Gasteiger partial charge >= 0.3 is 5.97 Å². The molecule has 0 aromatic carbocycles. The van der Waals surface area contributed by atoms with Crippen molar-refractivity contribution in [1.82, 2.24) is 15.3 Å². The lowest BCUT2D eigenvalue weighted by molar-refractivity contribution is 0.0680. The van der Waals surface area contributed by atoms with Gasteiger partial charge in [0.1, 0.15) is 5.69 Å². The first-order valence-corrected chi connectivity index (χ1v) is 7.44. The molecule has 1 aliphatic carbocycles. The summed E-state index contributed by atoms with van der Waals surface area (Å²) in [5.41, 5.74) is 0.333. The molecule has 0 bridgehead atoms. The van der Waals surface area contributed by atoms with Crippen LogP contribution in [0.3, 0.4) is 0 Å². The van der Waals surface area contributed by atoms with E-state index in [1.165, 1.54) is 6.20 Å². The van der Waals surface area contributed by atoms with E-state index in [0.717, 1.165) is 25.5 Å². The van der Waals surface area contributed by atoms with Crippen molar-refractivity contribution >= 4 is 11.9 Å². The van der Waals surface area contributed by atoms with E-state index >= 15 is 0 Å². The monoisotopic (exact) mass is 305 g/mol. The second kappa shape index (κ2) is 5.66. The van der Waals surface area contributed by atoms with Crippen molar-refractivity contribution < 1.29 is 14.7 Å². The lowest BCUT2D eigenvalue weighted by Crippen LogP contribution is -2.46. The smallest absolute Gasteiger partial charge is 0.356 e. The molecule has 1 aromatic heterocycles. The number of rotatable bonds is 3. The Labute approximate surface area is 130 Å². The number of aromatic carboxylic acids is 1. The van der Waals surface area contributed by atoms with Crippen LogP contribution < -0.4 is 5.32 Å². The van der Waals surface area contributed by atoms with Crippen LogP contribution in [0.25, 0.3) is 0 Å². The van der Waals surface area contributed by atoms with Crippen molar-refractivity contribution in [3.63, 3.8) is 0 Å². The van der Waals surface area contributed by atoms with E-state index in [1.54, 1.807) is 0 Å². The first-order chi connectivity index (χ1) is 10.1. The molecular weight excluding hydrogens is 282 g/mol. The zero-order valence-electron chi connectivity index (χ0n) is 13.5. The quantitative estimate of drug-likeness (QED) is 0.895. The lowest BCUT2D eigenvalue weighted by atomic mass is 9.63. The predicted octanol–water partition coefficient (Wildman–Crippen LogP) is 2.51. The first kappa shape index (κ1) is 16.4. The number of amides is 1. The van der Waals surface area contributed by atoms with E-state index in [4.69, 9.17) is 5.11 Å². The average molecular weight is 305 g/mol. The van der Waals surface area contributed by atoms with E-state index < -0.39 is 5.97 Å². The Balaban J connectivity index is 2.06. The Morgan fingerprint density at radius 2 is 1.59 bits per heavy atom. The van der Waals surface area contributed by atoms with Crippen molar-refractivity contribution in [3.05, 3.63) is 23.8 Å². The van der Waals surface area contributed by atoms with Gasteiger partial charge in [-0.1, -0.05) is 27.7 Å². The molecule has 1 heterocycles. The molecule has 6 nitrogen and oxygen atoms in total. The number of aromatic nitrogens is 2. The minimum absolute atomic E-state index is 0.0900. The normalized spacial score (nSPS) is 20.4. The number of carbonyl (C=O) groups excluding carboxylic acids is 1. The fourth-order valence-corrected chi connectivity index (χ4v) is 3.76. The Bertz CT molecular complexity index is 563. The molecule has 1 fully saturated rings. The van der Waals surface area contributed by atoms with Crippen LogP contribution >= 0.6 is 0 Å². The molecule has 0 spiro atoms. The number of hydrogen-bond acceptors (Lipinski definition) is 4. The highest BCUT2D eigenvalue weighted by molar-refractivity contribution is 5.92. The minimum Gasteiger partial charge on any atom is -0.476 e. The van der Waals surface area contributed by atoms with Gasteiger partial charge < -0.3 is 10.4 Å². The first-order valence-electron chi connectivity index (χ1n) is 7.44. The maximum atomic E-state index is 12.3. The number of carboxylic acids is 1. The summed E-state index contributed by atoms with van der Waals surface area (Å²) in [5.74, 6) is -1.46. The molecule has 1 saturated carbocycles. The van der Waals surface area contributed by atoms with Crippen molar-refractivity contribution in [2.75, 3.05) is 0 Å². The van der Waals surface area contributed by atoms with Crippen molar-refractivity contribution in [1.29, 1.82) is 0 Å². The average Bonchev–Trinajstić information content (AvgIpc) is 2.34. The highest BCUT2D eigenvalue weighted by Gasteiger charge is 2.39. The Morgan fingerprint density at radius 1 is 1.09 bits per heavy atom. The van der Waals surface area contributed by atoms with Gasteiger partial charge in [0.15, 0.2) is 5.69 Å². The molecule has 22 heavy (non-hydrogen) atoms. The van der Waals surface area contributed by atoms with E-state index in [1.807, 2.05) is 0 Å². The molecule has 120 valence electrons. The van der Waals surface area contributed by atoms with Crippen LogP contribution in [0.4, 0.5) is 0 Å². The van der Waals surface area contributed by atoms with Crippen LogP contribution in [0, 0.1) is 10.8 Å². The summed E-state index contributed by atoms with van der Waals surface area (Å²) >= 11 is 0. The molecule has 0 aliphatic heterocycles. The van der Waals surface area contributed by atoms with E-state index in [0.29, 0.717) is 0 Å². The molecule has 2 rings (SSSR count). The number of nitrogens with zero attached hydrogens (tertiary/aromatic N) is 2. The number of nitrogens with one attached hydrogen (secondary N) is 1. The summed E-state index contributed by atoms with van der Waals surface area (Å²) in [4.78, 5) is 30.6. The molecule has 0 unspecified atom stereocenters. The third-order valence-electron chi connectivity index (χ3n) is 3.99. The van der Waals surface area contributed by atoms with Gasteiger partial charge in [-0.05, 0) is 30.1 Å². The van der Waals surface area contributed by atoms with E-state index in [-0.39, 0.29) is 34.2 Å². The predicted molar refractivity (Wildman–Crippen MR) is 81.7 cm³/mol. The summed E-state index contributed by atoms with van der Waals surface area (Å²) in [6, 6.07) is 0.0900. The maximum Gasteiger partial charge on any atom is 0.356 e. The molecule has 1 amide bonds. The van der Waals surface area contributed by atoms with Crippen LogP contribution in [0.2, 0.25) is 0 Å². The summed E-state index contributed by atoms with van der Waals surface area (Å²) in [6.45, 7) is 8.87. The zero-order valence-corrected chi connectivity index (χ0v) is 13.5.